The molecule has 29 heavy (non-hydrogen) atoms. The first kappa shape index (κ1) is 22.2. The Morgan fingerprint density at radius 3 is 2.31 bits per heavy atom. The third-order valence-corrected chi connectivity index (χ3v) is 4.44. The van der Waals surface area contributed by atoms with Gasteiger partial charge in [-0.2, -0.15) is 0 Å². The van der Waals surface area contributed by atoms with Crippen molar-refractivity contribution in [1.29, 1.82) is 0 Å². The smallest absolute Gasteiger partial charge is 0.305 e. The van der Waals surface area contributed by atoms with E-state index < -0.39 is 17.9 Å². The van der Waals surface area contributed by atoms with Crippen molar-refractivity contribution in [3.63, 3.8) is 0 Å². The van der Waals surface area contributed by atoms with E-state index in [2.05, 4.69) is 34.9 Å². The van der Waals surface area contributed by atoms with Crippen LogP contribution >= 0.6 is 0 Å². The summed E-state index contributed by atoms with van der Waals surface area (Å²) >= 11 is 0. The van der Waals surface area contributed by atoms with Crippen molar-refractivity contribution in [3.05, 3.63) is 59.5 Å². The zero-order valence-electron chi connectivity index (χ0n) is 17.0. The number of nitrogens with zero attached hydrogens (tertiary/aromatic N) is 1. The van der Waals surface area contributed by atoms with Crippen molar-refractivity contribution in [3.8, 4) is 0 Å². The lowest BCUT2D eigenvalue weighted by Crippen LogP contribution is -2.43. The van der Waals surface area contributed by atoms with E-state index in [4.69, 9.17) is 4.42 Å². The molecule has 8 heteroatoms. The average Bonchev–Trinajstić information content (AvgIpc) is 3.18. The van der Waals surface area contributed by atoms with Crippen molar-refractivity contribution in [2.45, 2.75) is 39.8 Å². The molecule has 1 aromatic carbocycles. The molecule has 0 radical (unpaired) electrons. The van der Waals surface area contributed by atoms with Crippen LogP contribution in [0, 0.1) is 0 Å². The van der Waals surface area contributed by atoms with Crippen LogP contribution in [0.5, 0.6) is 0 Å². The number of carbonyl (C=O) groups excluding carboxylic acids is 3. The number of benzene rings is 1. The Morgan fingerprint density at radius 2 is 1.69 bits per heavy atom. The first-order valence-electron chi connectivity index (χ1n) is 9.65. The van der Waals surface area contributed by atoms with E-state index >= 15 is 0 Å². The predicted molar refractivity (Wildman–Crippen MR) is 109 cm³/mol. The Hall–Kier alpha value is -3.13. The van der Waals surface area contributed by atoms with Crippen LogP contribution < -0.4 is 16.2 Å². The molecule has 8 nitrogen and oxygen atoms in total. The van der Waals surface area contributed by atoms with E-state index in [1.807, 2.05) is 30.3 Å². The molecule has 1 aromatic heterocycles. The molecule has 3 amide bonds. The van der Waals surface area contributed by atoms with E-state index in [1.165, 1.54) is 6.92 Å². The molecule has 2 aromatic rings. The van der Waals surface area contributed by atoms with Gasteiger partial charge in [0, 0.05) is 6.92 Å². The maximum absolute atomic E-state index is 12.3. The van der Waals surface area contributed by atoms with Gasteiger partial charge in [-0.15, -0.1) is 0 Å². The highest BCUT2D eigenvalue weighted by atomic mass is 16.4. The zero-order valence-corrected chi connectivity index (χ0v) is 17.0. The molecular formula is C21H28N4O4. The summed E-state index contributed by atoms with van der Waals surface area (Å²) in [4.78, 5) is 38.1. The van der Waals surface area contributed by atoms with Crippen LogP contribution in [0.1, 0.15) is 55.1 Å². The van der Waals surface area contributed by atoms with Crippen LogP contribution in [0.25, 0.3) is 0 Å². The number of rotatable bonds is 9. The molecule has 0 spiro atoms. The summed E-state index contributed by atoms with van der Waals surface area (Å²) in [6.45, 7) is 7.88. The maximum atomic E-state index is 12.3. The third kappa shape index (κ3) is 7.08. The van der Waals surface area contributed by atoms with Crippen LogP contribution in [0.2, 0.25) is 0 Å². The first-order valence-corrected chi connectivity index (χ1v) is 9.65. The minimum atomic E-state index is -0.542. The number of hydrogen-bond donors (Lipinski definition) is 3. The van der Waals surface area contributed by atoms with Crippen molar-refractivity contribution >= 4 is 17.7 Å². The molecule has 0 fully saturated rings. The monoisotopic (exact) mass is 400 g/mol. The van der Waals surface area contributed by atoms with Gasteiger partial charge in [-0.1, -0.05) is 44.2 Å². The topological polar surface area (TPSA) is 104 Å². The molecule has 1 heterocycles. The minimum Gasteiger partial charge on any atom is -0.454 e. The maximum Gasteiger partial charge on any atom is 0.305 e. The molecule has 0 aliphatic carbocycles. The van der Waals surface area contributed by atoms with Gasteiger partial charge in [0.25, 0.3) is 0 Å². The Balaban J connectivity index is 1.89. The van der Waals surface area contributed by atoms with Gasteiger partial charge in [0.1, 0.15) is 5.76 Å². The number of hydrogen-bond acceptors (Lipinski definition) is 5. The summed E-state index contributed by atoms with van der Waals surface area (Å²) in [5.41, 5.74) is 5.51. The minimum absolute atomic E-state index is 0.0186. The third-order valence-electron chi connectivity index (χ3n) is 4.44. The molecule has 0 saturated heterocycles. The normalized spacial score (nSPS) is 11.7. The fourth-order valence-corrected chi connectivity index (χ4v) is 2.86. The summed E-state index contributed by atoms with van der Waals surface area (Å²) in [6, 6.07) is 12.0. The molecule has 1 atom stereocenters. The van der Waals surface area contributed by atoms with E-state index in [0.29, 0.717) is 12.3 Å². The number of nitrogens with one attached hydrogen (secondary N) is 3. The fourth-order valence-electron chi connectivity index (χ4n) is 2.86. The standard InChI is InChI=1S/C21H28N4O4/c1-4-25(5-2)14-17-11-12-19(29-17)21(28)24-23-20(27)13-18(22-15(3)26)16-9-7-6-8-10-16/h6-12,18H,4-5,13-14H2,1-3H3,(H,22,26)(H,23,27)(H,24,28). The van der Waals surface area contributed by atoms with Gasteiger partial charge in [0.05, 0.1) is 19.0 Å². The Kier molecular flexibility index (Phi) is 8.42. The summed E-state index contributed by atoms with van der Waals surface area (Å²) in [6.07, 6.45) is -0.0186. The van der Waals surface area contributed by atoms with Gasteiger partial charge >= 0.3 is 5.91 Å². The van der Waals surface area contributed by atoms with E-state index in [0.717, 1.165) is 18.7 Å². The Morgan fingerprint density at radius 1 is 1.00 bits per heavy atom. The molecule has 0 saturated carbocycles. The van der Waals surface area contributed by atoms with Gasteiger partial charge in [0.15, 0.2) is 5.76 Å². The van der Waals surface area contributed by atoms with Gasteiger partial charge in [-0.05, 0) is 30.8 Å². The van der Waals surface area contributed by atoms with E-state index in [-0.39, 0.29) is 18.1 Å². The molecule has 3 N–H and O–H groups in total. The SMILES string of the molecule is CCN(CC)Cc1ccc(C(=O)NNC(=O)CC(NC(C)=O)c2ccccc2)o1. The summed E-state index contributed by atoms with van der Waals surface area (Å²) < 4.78 is 5.55. The van der Waals surface area contributed by atoms with Crippen LogP contribution in [-0.2, 0) is 16.1 Å². The van der Waals surface area contributed by atoms with Crippen LogP contribution in [-0.4, -0.2) is 35.7 Å². The number of carbonyl (C=O) groups is 3. The second kappa shape index (κ2) is 11.0. The molecule has 0 bridgehead atoms. The lowest BCUT2D eigenvalue weighted by Gasteiger charge is -2.18. The van der Waals surface area contributed by atoms with E-state index in [1.54, 1.807) is 12.1 Å². The van der Waals surface area contributed by atoms with Crippen molar-refractivity contribution in [2.24, 2.45) is 0 Å². The number of amides is 3. The van der Waals surface area contributed by atoms with Crippen LogP contribution in [0.15, 0.2) is 46.9 Å². The van der Waals surface area contributed by atoms with Gasteiger partial charge < -0.3 is 9.73 Å². The first-order chi connectivity index (χ1) is 13.9. The quantitative estimate of drug-likeness (QED) is 0.560. The average molecular weight is 400 g/mol. The molecule has 2 rings (SSSR count). The van der Waals surface area contributed by atoms with Crippen LogP contribution in [0.4, 0.5) is 0 Å². The van der Waals surface area contributed by atoms with E-state index in [9.17, 15) is 14.4 Å². The second-order valence-corrected chi connectivity index (χ2v) is 6.60. The molecular weight excluding hydrogens is 372 g/mol. The highest BCUT2D eigenvalue weighted by Crippen LogP contribution is 2.16. The molecule has 1 unspecified atom stereocenters. The molecule has 0 aliphatic heterocycles. The molecule has 156 valence electrons. The summed E-state index contributed by atoms with van der Waals surface area (Å²) in [5.74, 6) is -0.420. The highest BCUT2D eigenvalue weighted by molar-refractivity contribution is 5.93. The number of hydrazine groups is 1. The lowest BCUT2D eigenvalue weighted by atomic mass is 10.0. The largest absolute Gasteiger partial charge is 0.454 e. The Labute approximate surface area is 170 Å². The molecule has 0 aliphatic rings. The van der Waals surface area contributed by atoms with Crippen molar-refractivity contribution in [1.82, 2.24) is 21.1 Å². The van der Waals surface area contributed by atoms with Gasteiger partial charge in [0.2, 0.25) is 11.8 Å². The van der Waals surface area contributed by atoms with Gasteiger partial charge in [-0.25, -0.2) is 0 Å². The van der Waals surface area contributed by atoms with Crippen molar-refractivity contribution < 1.29 is 18.8 Å². The van der Waals surface area contributed by atoms with Crippen LogP contribution in [0.3, 0.4) is 0 Å². The second-order valence-electron chi connectivity index (χ2n) is 6.60. The highest BCUT2D eigenvalue weighted by Gasteiger charge is 2.18. The van der Waals surface area contributed by atoms with Crippen molar-refractivity contribution in [2.75, 3.05) is 13.1 Å². The summed E-state index contributed by atoms with van der Waals surface area (Å²) in [7, 11) is 0. The fraction of sp³-hybridized carbons (Fsp3) is 0.381. The number of furan rings is 1. The summed E-state index contributed by atoms with van der Waals surface area (Å²) in [5, 5.41) is 2.74. The lowest BCUT2D eigenvalue weighted by molar-refractivity contribution is -0.123. The predicted octanol–water partition coefficient (Wildman–Crippen LogP) is 2.15. The Bertz CT molecular complexity index is 815. The zero-order chi connectivity index (χ0) is 21.2. The van der Waals surface area contributed by atoms with Gasteiger partial charge in [-0.3, -0.25) is 30.1 Å².